The van der Waals surface area contributed by atoms with E-state index in [0.717, 1.165) is 5.56 Å². The van der Waals surface area contributed by atoms with Crippen LogP contribution in [0.3, 0.4) is 0 Å². The normalized spacial score (nSPS) is 10.8. The Morgan fingerprint density at radius 3 is 2.21 bits per heavy atom. The van der Waals surface area contributed by atoms with Crippen LogP contribution in [0.15, 0.2) is 48.5 Å². The van der Waals surface area contributed by atoms with Crippen molar-refractivity contribution in [2.45, 2.75) is 6.36 Å². The second kappa shape index (κ2) is 5.07. The van der Waals surface area contributed by atoms with E-state index in [0.29, 0.717) is 5.56 Å². The summed E-state index contributed by atoms with van der Waals surface area (Å²) in [5.74, 6) is 1.81. The number of alkyl halides is 3. The van der Waals surface area contributed by atoms with Crippen LogP contribution >= 0.6 is 0 Å². The highest BCUT2D eigenvalue weighted by atomic mass is 19.4. The maximum absolute atomic E-state index is 12.3. The lowest BCUT2D eigenvalue weighted by Crippen LogP contribution is -2.17. The second-order valence-electron chi connectivity index (χ2n) is 3.77. The van der Waals surface area contributed by atoms with Crippen molar-refractivity contribution in [3.63, 3.8) is 0 Å². The number of rotatable bonds is 2. The predicted molar refractivity (Wildman–Crippen MR) is 66.5 cm³/mol. The Labute approximate surface area is 108 Å². The average molecular weight is 262 g/mol. The summed E-state index contributed by atoms with van der Waals surface area (Å²) in [5, 5.41) is 0. The quantitative estimate of drug-likeness (QED) is 0.736. The maximum Gasteiger partial charge on any atom is 0.573 e. The largest absolute Gasteiger partial charge is 0.573 e. The molecule has 0 aliphatic heterocycles. The first-order valence-electron chi connectivity index (χ1n) is 5.41. The van der Waals surface area contributed by atoms with Gasteiger partial charge in [-0.15, -0.1) is 19.6 Å². The molecule has 0 N–H and O–H groups in total. The lowest BCUT2D eigenvalue weighted by atomic mass is 10.0. The first-order chi connectivity index (χ1) is 8.99. The van der Waals surface area contributed by atoms with Crippen molar-refractivity contribution in [1.29, 1.82) is 0 Å². The van der Waals surface area contributed by atoms with Crippen molar-refractivity contribution in [3.8, 4) is 29.2 Å². The summed E-state index contributed by atoms with van der Waals surface area (Å²) in [6.07, 6.45) is 0.398. The monoisotopic (exact) mass is 262 g/mol. The van der Waals surface area contributed by atoms with E-state index in [1.165, 1.54) is 12.1 Å². The molecule has 0 spiro atoms. The number of halogens is 3. The van der Waals surface area contributed by atoms with Gasteiger partial charge in [0.25, 0.3) is 0 Å². The van der Waals surface area contributed by atoms with Gasteiger partial charge in [-0.2, -0.15) is 0 Å². The van der Waals surface area contributed by atoms with Crippen molar-refractivity contribution in [1.82, 2.24) is 0 Å². The van der Waals surface area contributed by atoms with Crippen LogP contribution < -0.4 is 4.74 Å². The van der Waals surface area contributed by atoms with Crippen molar-refractivity contribution in [3.05, 3.63) is 54.1 Å². The van der Waals surface area contributed by atoms with Gasteiger partial charge >= 0.3 is 6.36 Å². The molecule has 4 heteroatoms. The van der Waals surface area contributed by atoms with Crippen LogP contribution in [0.1, 0.15) is 5.56 Å². The highest BCUT2D eigenvalue weighted by Gasteiger charge is 2.32. The number of benzene rings is 2. The molecule has 0 atom stereocenters. The highest BCUT2D eigenvalue weighted by Crippen LogP contribution is 2.30. The third-order valence-electron chi connectivity index (χ3n) is 2.47. The van der Waals surface area contributed by atoms with E-state index in [9.17, 15) is 13.2 Å². The number of ether oxygens (including phenoxy) is 1. The Kier molecular flexibility index (Phi) is 3.48. The molecule has 2 rings (SSSR count). The van der Waals surface area contributed by atoms with Crippen LogP contribution in [0, 0.1) is 12.3 Å². The first-order valence-corrected chi connectivity index (χ1v) is 5.41. The van der Waals surface area contributed by atoms with Crippen LogP contribution in [0.5, 0.6) is 5.75 Å². The standard InChI is InChI=1S/C15H9F3O/c1-2-11-8-9-13(12-6-4-3-5-7-12)10-14(11)19-15(16,17)18/h1,3-10H. The fourth-order valence-corrected chi connectivity index (χ4v) is 1.66. The summed E-state index contributed by atoms with van der Waals surface area (Å²) in [5.41, 5.74) is 1.47. The first kappa shape index (κ1) is 13.0. The fraction of sp³-hybridized carbons (Fsp3) is 0.0667. The Balaban J connectivity index is 2.45. The molecule has 0 saturated carbocycles. The van der Waals surface area contributed by atoms with Crippen LogP contribution in [0.25, 0.3) is 11.1 Å². The SMILES string of the molecule is C#Cc1ccc(-c2ccccc2)cc1OC(F)(F)F. The topological polar surface area (TPSA) is 9.23 Å². The lowest BCUT2D eigenvalue weighted by molar-refractivity contribution is -0.274. The number of terminal acetylenes is 1. The van der Waals surface area contributed by atoms with Crippen molar-refractivity contribution >= 4 is 0 Å². The van der Waals surface area contributed by atoms with Gasteiger partial charge in [0.05, 0.1) is 5.56 Å². The van der Waals surface area contributed by atoms with Gasteiger partial charge in [0.15, 0.2) is 0 Å². The summed E-state index contributed by atoms with van der Waals surface area (Å²) in [7, 11) is 0. The van der Waals surface area contributed by atoms with Gasteiger partial charge in [0.1, 0.15) is 5.75 Å². The minimum Gasteiger partial charge on any atom is -0.404 e. The van der Waals surface area contributed by atoms with Crippen molar-refractivity contribution < 1.29 is 17.9 Å². The summed E-state index contributed by atoms with van der Waals surface area (Å²) < 4.78 is 40.8. The van der Waals surface area contributed by atoms with Crippen LogP contribution in [-0.2, 0) is 0 Å². The van der Waals surface area contributed by atoms with Gasteiger partial charge in [-0.3, -0.25) is 0 Å². The third kappa shape index (κ3) is 3.29. The molecule has 0 aromatic heterocycles. The third-order valence-corrected chi connectivity index (χ3v) is 2.47. The molecule has 0 saturated heterocycles. The summed E-state index contributed by atoms with van der Waals surface area (Å²) >= 11 is 0. The van der Waals surface area contributed by atoms with E-state index in [2.05, 4.69) is 10.7 Å². The van der Waals surface area contributed by atoms with Crippen LogP contribution in [-0.4, -0.2) is 6.36 Å². The molecule has 0 aliphatic rings. The average Bonchev–Trinajstić information content (AvgIpc) is 2.38. The minimum atomic E-state index is -4.76. The molecule has 2 aromatic carbocycles. The van der Waals surface area contributed by atoms with Gasteiger partial charge in [-0.1, -0.05) is 42.3 Å². The lowest BCUT2D eigenvalue weighted by Gasteiger charge is -2.12. The molecule has 96 valence electrons. The Bertz CT molecular complexity index is 610. The van der Waals surface area contributed by atoms with E-state index >= 15 is 0 Å². The molecule has 0 unspecified atom stereocenters. The molecule has 2 aromatic rings. The molecule has 0 fully saturated rings. The minimum absolute atomic E-state index is 0.0667. The van der Waals surface area contributed by atoms with Gasteiger partial charge in [-0.05, 0) is 23.3 Å². The molecule has 1 nitrogen and oxygen atoms in total. The Hall–Kier alpha value is -2.41. The Morgan fingerprint density at radius 1 is 0.947 bits per heavy atom. The molecule has 0 heterocycles. The van der Waals surface area contributed by atoms with Crippen molar-refractivity contribution in [2.75, 3.05) is 0 Å². The molecular weight excluding hydrogens is 253 g/mol. The second-order valence-corrected chi connectivity index (χ2v) is 3.77. The molecule has 0 aliphatic carbocycles. The Morgan fingerprint density at radius 2 is 1.63 bits per heavy atom. The van der Waals surface area contributed by atoms with E-state index < -0.39 is 6.36 Å². The smallest absolute Gasteiger partial charge is 0.404 e. The molecule has 0 bridgehead atoms. The molecule has 19 heavy (non-hydrogen) atoms. The highest BCUT2D eigenvalue weighted by molar-refractivity contribution is 5.67. The maximum atomic E-state index is 12.3. The number of hydrogen-bond acceptors (Lipinski definition) is 1. The van der Waals surface area contributed by atoms with E-state index in [4.69, 9.17) is 6.42 Å². The molecule has 0 amide bonds. The van der Waals surface area contributed by atoms with E-state index in [1.807, 2.05) is 6.07 Å². The predicted octanol–water partition coefficient (Wildman–Crippen LogP) is 4.23. The summed E-state index contributed by atoms with van der Waals surface area (Å²) in [6.45, 7) is 0. The van der Waals surface area contributed by atoms with Gasteiger partial charge in [-0.25, -0.2) is 0 Å². The summed E-state index contributed by atoms with van der Waals surface area (Å²) in [4.78, 5) is 0. The van der Waals surface area contributed by atoms with Gasteiger partial charge in [0.2, 0.25) is 0 Å². The van der Waals surface area contributed by atoms with Crippen LogP contribution in [0.2, 0.25) is 0 Å². The summed E-state index contributed by atoms with van der Waals surface area (Å²) in [6, 6.07) is 13.4. The van der Waals surface area contributed by atoms with E-state index in [-0.39, 0.29) is 11.3 Å². The zero-order chi connectivity index (χ0) is 13.9. The fourth-order valence-electron chi connectivity index (χ4n) is 1.66. The van der Waals surface area contributed by atoms with Gasteiger partial charge < -0.3 is 4.74 Å². The number of hydrogen-bond donors (Lipinski definition) is 0. The molecular formula is C15H9F3O. The zero-order valence-corrected chi connectivity index (χ0v) is 9.74. The van der Waals surface area contributed by atoms with Crippen LogP contribution in [0.4, 0.5) is 13.2 Å². The molecule has 0 radical (unpaired) electrons. The zero-order valence-electron chi connectivity index (χ0n) is 9.74. The van der Waals surface area contributed by atoms with Crippen molar-refractivity contribution in [2.24, 2.45) is 0 Å². The van der Waals surface area contributed by atoms with E-state index in [1.54, 1.807) is 30.3 Å². The van der Waals surface area contributed by atoms with Gasteiger partial charge in [0, 0.05) is 0 Å².